The van der Waals surface area contributed by atoms with Crippen LogP contribution in [0.3, 0.4) is 0 Å². The summed E-state index contributed by atoms with van der Waals surface area (Å²) in [7, 11) is 1.87. The molecule has 0 bridgehead atoms. The first-order valence-electron chi connectivity index (χ1n) is 6.18. The Hall–Kier alpha value is -0.120. The van der Waals surface area contributed by atoms with Gasteiger partial charge in [-0.3, -0.25) is 4.90 Å². The third kappa shape index (κ3) is 2.35. The van der Waals surface area contributed by atoms with Crippen LogP contribution in [0.15, 0.2) is 0 Å². The Morgan fingerprint density at radius 2 is 2.13 bits per heavy atom. The molecular formula is C12H24N2O. The van der Waals surface area contributed by atoms with Crippen LogP contribution < -0.4 is 5.32 Å². The van der Waals surface area contributed by atoms with Crippen molar-refractivity contribution in [1.82, 2.24) is 10.2 Å². The minimum absolute atomic E-state index is 0.186. The highest BCUT2D eigenvalue weighted by Gasteiger charge is 2.40. The predicted octanol–water partition coefficient (Wildman–Crippen LogP) is 1.24. The summed E-state index contributed by atoms with van der Waals surface area (Å²) in [6.45, 7) is 7.96. The molecule has 3 heteroatoms. The molecule has 1 saturated heterocycles. The molecule has 1 aliphatic heterocycles. The molecule has 88 valence electrons. The molecule has 1 saturated carbocycles. The average Bonchev–Trinajstić information content (AvgIpc) is 2.17. The van der Waals surface area contributed by atoms with E-state index in [1.54, 1.807) is 0 Å². The molecule has 15 heavy (non-hydrogen) atoms. The van der Waals surface area contributed by atoms with Crippen molar-refractivity contribution in [2.75, 3.05) is 26.7 Å². The van der Waals surface area contributed by atoms with E-state index in [0.29, 0.717) is 12.1 Å². The van der Waals surface area contributed by atoms with Gasteiger partial charge >= 0.3 is 0 Å². The lowest BCUT2D eigenvalue weighted by molar-refractivity contribution is -0.100. The van der Waals surface area contributed by atoms with Gasteiger partial charge in [-0.1, -0.05) is 0 Å². The van der Waals surface area contributed by atoms with E-state index in [1.807, 2.05) is 7.11 Å². The SMILES string of the molecule is COC1(CN2CC(C)NCC2C)CCC1. The fourth-order valence-electron chi connectivity index (χ4n) is 2.69. The van der Waals surface area contributed by atoms with Crippen molar-refractivity contribution >= 4 is 0 Å². The number of nitrogens with one attached hydrogen (secondary N) is 1. The first-order valence-corrected chi connectivity index (χ1v) is 6.18. The maximum absolute atomic E-state index is 5.70. The highest BCUT2D eigenvalue weighted by Crippen LogP contribution is 2.36. The van der Waals surface area contributed by atoms with E-state index in [2.05, 4.69) is 24.1 Å². The van der Waals surface area contributed by atoms with E-state index in [4.69, 9.17) is 4.74 Å². The van der Waals surface area contributed by atoms with Crippen molar-refractivity contribution in [2.24, 2.45) is 0 Å². The zero-order valence-corrected chi connectivity index (χ0v) is 10.3. The van der Waals surface area contributed by atoms with E-state index in [9.17, 15) is 0 Å². The molecule has 0 aromatic heterocycles. The summed E-state index contributed by atoms with van der Waals surface area (Å²) < 4.78 is 5.70. The van der Waals surface area contributed by atoms with Crippen LogP contribution in [-0.2, 0) is 4.74 Å². The quantitative estimate of drug-likeness (QED) is 0.762. The molecule has 0 amide bonds. The number of ether oxygens (including phenoxy) is 1. The van der Waals surface area contributed by atoms with Crippen molar-refractivity contribution in [3.8, 4) is 0 Å². The molecule has 2 fully saturated rings. The van der Waals surface area contributed by atoms with Gasteiger partial charge in [-0.05, 0) is 33.1 Å². The summed E-state index contributed by atoms with van der Waals surface area (Å²) in [5, 5.41) is 3.52. The van der Waals surface area contributed by atoms with Crippen LogP contribution in [-0.4, -0.2) is 49.3 Å². The van der Waals surface area contributed by atoms with Gasteiger partial charge in [0.15, 0.2) is 0 Å². The Balaban J connectivity index is 1.91. The number of hydrogen-bond acceptors (Lipinski definition) is 3. The van der Waals surface area contributed by atoms with Gasteiger partial charge in [0.05, 0.1) is 5.60 Å². The predicted molar refractivity (Wildman–Crippen MR) is 62.1 cm³/mol. The van der Waals surface area contributed by atoms with Gasteiger partial charge in [0.25, 0.3) is 0 Å². The lowest BCUT2D eigenvalue weighted by atomic mass is 9.79. The highest BCUT2D eigenvalue weighted by atomic mass is 16.5. The normalized spacial score (nSPS) is 36.2. The second-order valence-electron chi connectivity index (χ2n) is 5.33. The Kier molecular flexibility index (Phi) is 3.33. The lowest BCUT2D eigenvalue weighted by Gasteiger charge is -2.47. The highest BCUT2D eigenvalue weighted by molar-refractivity contribution is 4.95. The van der Waals surface area contributed by atoms with Crippen molar-refractivity contribution in [3.05, 3.63) is 0 Å². The first kappa shape index (κ1) is 11.4. The Labute approximate surface area is 93.2 Å². The third-order valence-electron chi connectivity index (χ3n) is 4.08. The molecule has 0 spiro atoms. The zero-order chi connectivity index (χ0) is 10.9. The van der Waals surface area contributed by atoms with Crippen LogP contribution in [0.25, 0.3) is 0 Å². The molecule has 2 rings (SSSR count). The maximum Gasteiger partial charge on any atom is 0.0805 e. The number of methoxy groups -OCH3 is 1. The second-order valence-corrected chi connectivity index (χ2v) is 5.33. The van der Waals surface area contributed by atoms with Crippen molar-refractivity contribution in [1.29, 1.82) is 0 Å². The molecule has 2 aliphatic rings. The molecule has 1 aliphatic carbocycles. The molecule has 1 heterocycles. The van der Waals surface area contributed by atoms with Crippen molar-refractivity contribution < 1.29 is 4.74 Å². The van der Waals surface area contributed by atoms with E-state index < -0.39 is 0 Å². The van der Waals surface area contributed by atoms with Gasteiger partial charge < -0.3 is 10.1 Å². The number of rotatable bonds is 3. The van der Waals surface area contributed by atoms with Gasteiger partial charge in [0.1, 0.15) is 0 Å². The number of hydrogen-bond donors (Lipinski definition) is 1. The molecule has 0 aromatic carbocycles. The van der Waals surface area contributed by atoms with Crippen molar-refractivity contribution in [3.63, 3.8) is 0 Å². The molecule has 3 nitrogen and oxygen atoms in total. The fraction of sp³-hybridized carbons (Fsp3) is 1.00. The Morgan fingerprint density at radius 1 is 1.40 bits per heavy atom. The maximum atomic E-state index is 5.70. The van der Waals surface area contributed by atoms with Crippen LogP contribution in [0.2, 0.25) is 0 Å². The van der Waals surface area contributed by atoms with Gasteiger partial charge in [-0.2, -0.15) is 0 Å². The lowest BCUT2D eigenvalue weighted by Crippen LogP contribution is -2.59. The topological polar surface area (TPSA) is 24.5 Å². The molecule has 2 unspecified atom stereocenters. The van der Waals surface area contributed by atoms with Crippen LogP contribution in [0, 0.1) is 0 Å². The second kappa shape index (κ2) is 4.40. The summed E-state index contributed by atoms with van der Waals surface area (Å²) in [6, 6.07) is 1.27. The zero-order valence-electron chi connectivity index (χ0n) is 10.3. The Morgan fingerprint density at radius 3 is 2.67 bits per heavy atom. The van der Waals surface area contributed by atoms with Gasteiger partial charge in [0.2, 0.25) is 0 Å². The summed E-state index contributed by atoms with van der Waals surface area (Å²) in [4.78, 5) is 2.59. The van der Waals surface area contributed by atoms with Gasteiger partial charge in [0, 0.05) is 38.8 Å². The van der Waals surface area contributed by atoms with E-state index >= 15 is 0 Å². The Bertz CT molecular complexity index is 210. The van der Waals surface area contributed by atoms with Crippen LogP contribution in [0.5, 0.6) is 0 Å². The van der Waals surface area contributed by atoms with Crippen LogP contribution in [0.4, 0.5) is 0 Å². The summed E-state index contributed by atoms with van der Waals surface area (Å²) in [5.41, 5.74) is 0.186. The van der Waals surface area contributed by atoms with Crippen LogP contribution >= 0.6 is 0 Å². The number of nitrogens with zero attached hydrogens (tertiary/aromatic N) is 1. The average molecular weight is 212 g/mol. The summed E-state index contributed by atoms with van der Waals surface area (Å²) in [5.74, 6) is 0. The largest absolute Gasteiger partial charge is 0.377 e. The number of piperazine rings is 1. The monoisotopic (exact) mass is 212 g/mol. The van der Waals surface area contributed by atoms with Crippen molar-refractivity contribution in [2.45, 2.75) is 50.8 Å². The summed E-state index contributed by atoms with van der Waals surface area (Å²) >= 11 is 0. The molecular weight excluding hydrogens is 188 g/mol. The summed E-state index contributed by atoms with van der Waals surface area (Å²) in [6.07, 6.45) is 3.83. The molecule has 1 N–H and O–H groups in total. The fourth-order valence-corrected chi connectivity index (χ4v) is 2.69. The van der Waals surface area contributed by atoms with Gasteiger partial charge in [-0.25, -0.2) is 0 Å². The standard InChI is InChI=1S/C12H24N2O/c1-10-8-14(11(2)7-13-10)9-12(15-3)5-4-6-12/h10-11,13H,4-9H2,1-3H3. The van der Waals surface area contributed by atoms with E-state index in [-0.39, 0.29) is 5.60 Å². The third-order valence-corrected chi connectivity index (χ3v) is 4.08. The minimum Gasteiger partial charge on any atom is -0.377 e. The molecule has 0 aromatic rings. The molecule has 2 atom stereocenters. The van der Waals surface area contributed by atoms with E-state index in [1.165, 1.54) is 19.3 Å². The smallest absolute Gasteiger partial charge is 0.0805 e. The van der Waals surface area contributed by atoms with Gasteiger partial charge in [-0.15, -0.1) is 0 Å². The minimum atomic E-state index is 0.186. The van der Waals surface area contributed by atoms with Crippen LogP contribution in [0.1, 0.15) is 33.1 Å². The van der Waals surface area contributed by atoms with E-state index in [0.717, 1.165) is 19.6 Å². The first-order chi connectivity index (χ1) is 7.15. The molecule has 0 radical (unpaired) electrons.